The molecule has 0 fully saturated rings. The number of nitrogens with one attached hydrogen (secondary N) is 2. The van der Waals surface area contributed by atoms with Crippen LogP contribution in [0, 0.1) is 0 Å². The Labute approximate surface area is 173 Å². The molecule has 29 heavy (non-hydrogen) atoms. The molecule has 0 aliphatic heterocycles. The lowest BCUT2D eigenvalue weighted by molar-refractivity contribution is -0.114. The molecule has 7 heteroatoms. The number of amides is 1. The molecule has 0 atom stereocenters. The average molecular weight is 407 g/mol. The van der Waals surface area contributed by atoms with Crippen LogP contribution in [0.3, 0.4) is 0 Å². The first-order valence-electron chi connectivity index (χ1n) is 9.11. The Morgan fingerprint density at radius 2 is 1.93 bits per heavy atom. The normalized spacial score (nSPS) is 10.7. The predicted octanol–water partition coefficient (Wildman–Crippen LogP) is 4.62. The van der Waals surface area contributed by atoms with Gasteiger partial charge in [-0.2, -0.15) is 0 Å². The lowest BCUT2D eigenvalue weighted by Crippen LogP contribution is -2.21. The number of nitrogens with zero attached hydrogens (tertiary/aromatic N) is 2. The first-order valence-corrected chi connectivity index (χ1v) is 9.49. The maximum absolute atomic E-state index is 12.2. The van der Waals surface area contributed by atoms with E-state index in [1.54, 1.807) is 12.1 Å². The number of halogens is 1. The van der Waals surface area contributed by atoms with Gasteiger partial charge in [-0.1, -0.05) is 35.9 Å². The highest BCUT2D eigenvalue weighted by molar-refractivity contribution is 6.33. The minimum Gasteiger partial charge on any atom is -0.487 e. The fourth-order valence-electron chi connectivity index (χ4n) is 2.86. The van der Waals surface area contributed by atoms with Crippen LogP contribution in [0.5, 0.6) is 5.75 Å². The van der Waals surface area contributed by atoms with Gasteiger partial charge in [0.05, 0.1) is 22.9 Å². The number of pyridine rings is 1. The van der Waals surface area contributed by atoms with Gasteiger partial charge in [-0.05, 0) is 36.4 Å². The van der Waals surface area contributed by atoms with Crippen molar-refractivity contribution < 1.29 is 9.53 Å². The molecule has 146 valence electrons. The average Bonchev–Trinajstić information content (AvgIpc) is 3.15. The fourth-order valence-corrected chi connectivity index (χ4v) is 3.07. The van der Waals surface area contributed by atoms with E-state index in [4.69, 9.17) is 16.3 Å². The van der Waals surface area contributed by atoms with Crippen molar-refractivity contribution in [1.82, 2.24) is 9.38 Å². The second-order valence-electron chi connectivity index (χ2n) is 6.40. The summed E-state index contributed by atoms with van der Waals surface area (Å²) in [5.41, 5.74) is 3.07. The summed E-state index contributed by atoms with van der Waals surface area (Å²) in [6.45, 7) is 0.448. The van der Waals surface area contributed by atoms with Crippen molar-refractivity contribution in [2.75, 3.05) is 17.2 Å². The van der Waals surface area contributed by atoms with Gasteiger partial charge in [-0.3, -0.25) is 4.79 Å². The van der Waals surface area contributed by atoms with Gasteiger partial charge in [-0.15, -0.1) is 0 Å². The van der Waals surface area contributed by atoms with Crippen LogP contribution in [0.2, 0.25) is 5.02 Å². The van der Waals surface area contributed by atoms with E-state index in [2.05, 4.69) is 15.6 Å². The monoisotopic (exact) mass is 406 g/mol. The summed E-state index contributed by atoms with van der Waals surface area (Å²) in [6.07, 6.45) is 3.87. The zero-order valence-corrected chi connectivity index (χ0v) is 16.3. The Kier molecular flexibility index (Phi) is 5.63. The number of hydrogen-bond donors (Lipinski definition) is 2. The molecule has 4 rings (SSSR count). The third-order valence-corrected chi connectivity index (χ3v) is 4.56. The van der Waals surface area contributed by atoms with E-state index in [1.807, 2.05) is 71.4 Å². The number of para-hydroxylation sites is 1. The number of carbonyl (C=O) groups excluding carboxylic acids is 1. The number of fused-ring (bicyclic) bond motifs is 1. The van der Waals surface area contributed by atoms with Gasteiger partial charge in [0.15, 0.2) is 0 Å². The second-order valence-corrected chi connectivity index (χ2v) is 6.80. The SMILES string of the molecule is O=C(CNc1ccccc1Cl)Nc1cccc(OCc2cn3ccccc3n2)c1. The third-order valence-electron chi connectivity index (χ3n) is 4.23. The zero-order valence-electron chi connectivity index (χ0n) is 15.5. The van der Waals surface area contributed by atoms with Crippen LogP contribution >= 0.6 is 11.6 Å². The van der Waals surface area contributed by atoms with E-state index in [-0.39, 0.29) is 12.5 Å². The minimum atomic E-state index is -0.178. The van der Waals surface area contributed by atoms with Crippen LogP contribution in [0.15, 0.2) is 79.1 Å². The Morgan fingerprint density at radius 1 is 1.07 bits per heavy atom. The summed E-state index contributed by atoms with van der Waals surface area (Å²) < 4.78 is 7.77. The van der Waals surface area contributed by atoms with Crippen LogP contribution < -0.4 is 15.4 Å². The quantitative estimate of drug-likeness (QED) is 0.470. The van der Waals surface area contributed by atoms with E-state index >= 15 is 0 Å². The molecule has 0 radical (unpaired) electrons. The third kappa shape index (κ3) is 4.86. The fraction of sp³-hybridized carbons (Fsp3) is 0.0909. The van der Waals surface area contributed by atoms with Gasteiger partial charge in [0.25, 0.3) is 0 Å². The highest BCUT2D eigenvalue weighted by atomic mass is 35.5. The predicted molar refractivity (Wildman–Crippen MR) is 115 cm³/mol. The van der Waals surface area contributed by atoms with Gasteiger partial charge >= 0.3 is 0 Å². The number of hydrogen-bond acceptors (Lipinski definition) is 4. The topological polar surface area (TPSA) is 67.7 Å². The van der Waals surface area contributed by atoms with Crippen molar-refractivity contribution in [3.8, 4) is 5.75 Å². The number of carbonyl (C=O) groups is 1. The summed E-state index contributed by atoms with van der Waals surface area (Å²) in [5.74, 6) is 0.473. The zero-order chi connectivity index (χ0) is 20.1. The summed E-state index contributed by atoms with van der Waals surface area (Å²) in [4.78, 5) is 16.7. The molecule has 2 N–H and O–H groups in total. The molecule has 6 nitrogen and oxygen atoms in total. The molecule has 0 saturated heterocycles. The molecule has 2 aromatic heterocycles. The standard InChI is InChI=1S/C22H19ClN4O2/c23-19-8-1-2-9-20(19)24-13-22(28)26-16-6-5-7-18(12-16)29-15-17-14-27-11-4-3-10-21(27)25-17/h1-12,14,24H,13,15H2,(H,26,28). The Hall–Kier alpha value is -3.51. The maximum atomic E-state index is 12.2. The van der Waals surface area contributed by atoms with Crippen molar-refractivity contribution in [3.63, 3.8) is 0 Å². The number of rotatable bonds is 7. The Bertz CT molecular complexity index is 1110. The molecule has 0 saturated carbocycles. The van der Waals surface area contributed by atoms with Crippen molar-refractivity contribution in [2.45, 2.75) is 6.61 Å². The van der Waals surface area contributed by atoms with Crippen molar-refractivity contribution in [1.29, 1.82) is 0 Å². The summed E-state index contributed by atoms with van der Waals surface area (Å²) in [5, 5.41) is 6.44. The minimum absolute atomic E-state index is 0.107. The first kappa shape index (κ1) is 18.8. The molecule has 0 bridgehead atoms. The Morgan fingerprint density at radius 3 is 2.79 bits per heavy atom. The Balaban J connectivity index is 1.33. The van der Waals surface area contributed by atoms with Gasteiger partial charge in [0, 0.05) is 24.1 Å². The van der Waals surface area contributed by atoms with Crippen LogP contribution in [-0.2, 0) is 11.4 Å². The molecule has 0 aliphatic rings. The highest BCUT2D eigenvalue weighted by Gasteiger charge is 2.06. The lowest BCUT2D eigenvalue weighted by atomic mass is 10.3. The first-order chi connectivity index (χ1) is 14.2. The van der Waals surface area contributed by atoms with Crippen molar-refractivity contribution >= 4 is 34.5 Å². The number of imidazole rings is 1. The van der Waals surface area contributed by atoms with Crippen molar-refractivity contribution in [3.05, 3.63) is 89.8 Å². The molecule has 1 amide bonds. The van der Waals surface area contributed by atoms with Gasteiger partial charge in [0.1, 0.15) is 18.0 Å². The van der Waals surface area contributed by atoms with Crippen LogP contribution in [-0.4, -0.2) is 21.8 Å². The molecule has 2 heterocycles. The number of aromatic nitrogens is 2. The number of anilines is 2. The van der Waals surface area contributed by atoms with Gasteiger partial charge in [-0.25, -0.2) is 4.98 Å². The largest absolute Gasteiger partial charge is 0.487 e. The summed E-state index contributed by atoms with van der Waals surface area (Å²) >= 11 is 6.08. The molecular formula is C22H19ClN4O2. The van der Waals surface area contributed by atoms with Crippen LogP contribution in [0.4, 0.5) is 11.4 Å². The van der Waals surface area contributed by atoms with E-state index in [0.29, 0.717) is 28.8 Å². The summed E-state index contributed by atoms with van der Waals surface area (Å²) in [6, 6.07) is 20.4. The molecular weight excluding hydrogens is 388 g/mol. The van der Waals surface area contributed by atoms with E-state index in [1.165, 1.54) is 0 Å². The summed E-state index contributed by atoms with van der Waals surface area (Å²) in [7, 11) is 0. The van der Waals surface area contributed by atoms with E-state index in [9.17, 15) is 4.79 Å². The molecule has 0 unspecified atom stereocenters. The smallest absolute Gasteiger partial charge is 0.243 e. The van der Waals surface area contributed by atoms with Gasteiger partial charge in [0.2, 0.25) is 5.91 Å². The van der Waals surface area contributed by atoms with Crippen molar-refractivity contribution in [2.24, 2.45) is 0 Å². The number of ether oxygens (including phenoxy) is 1. The lowest BCUT2D eigenvalue weighted by Gasteiger charge is -2.10. The van der Waals surface area contributed by atoms with E-state index in [0.717, 1.165) is 11.3 Å². The van der Waals surface area contributed by atoms with Crippen LogP contribution in [0.1, 0.15) is 5.69 Å². The highest BCUT2D eigenvalue weighted by Crippen LogP contribution is 2.21. The molecule has 2 aromatic carbocycles. The molecule has 4 aromatic rings. The van der Waals surface area contributed by atoms with Crippen LogP contribution in [0.25, 0.3) is 5.65 Å². The molecule has 0 spiro atoms. The number of benzene rings is 2. The second kappa shape index (κ2) is 8.67. The maximum Gasteiger partial charge on any atom is 0.243 e. The van der Waals surface area contributed by atoms with E-state index < -0.39 is 0 Å². The molecule has 0 aliphatic carbocycles. The van der Waals surface area contributed by atoms with Gasteiger partial charge < -0.3 is 19.8 Å².